The van der Waals surface area contributed by atoms with E-state index in [1.165, 1.54) is 54.2 Å². The van der Waals surface area contributed by atoms with Crippen LogP contribution in [0, 0.1) is 0 Å². The number of benzene rings is 11. The molecule has 61 heavy (non-hydrogen) atoms. The van der Waals surface area contributed by atoms with Gasteiger partial charge in [-0.1, -0.05) is 152 Å². The van der Waals surface area contributed by atoms with Crippen molar-refractivity contribution in [2.24, 2.45) is 0 Å². The molecule has 0 aliphatic carbocycles. The lowest BCUT2D eigenvalue weighted by atomic mass is 9.91. The summed E-state index contributed by atoms with van der Waals surface area (Å²) in [5.74, 6) is 0. The molecule has 0 fully saturated rings. The van der Waals surface area contributed by atoms with Crippen LogP contribution in [0.5, 0.6) is 0 Å². The van der Waals surface area contributed by atoms with Crippen LogP contribution in [-0.4, -0.2) is 0 Å². The predicted octanol–water partition coefficient (Wildman–Crippen LogP) is 16.9. The molecule has 13 rings (SSSR count). The molecule has 0 saturated heterocycles. The fraction of sp³-hybridized carbons (Fsp3) is 0. The lowest BCUT2D eigenvalue weighted by Crippen LogP contribution is -2.11. The van der Waals surface area contributed by atoms with Gasteiger partial charge in [0.15, 0.2) is 0 Å². The Balaban J connectivity index is 1.15. The summed E-state index contributed by atoms with van der Waals surface area (Å²) in [6, 6.07) is 76.3. The van der Waals surface area contributed by atoms with Crippen molar-refractivity contribution in [3.05, 3.63) is 212 Å². The highest BCUT2D eigenvalue weighted by atomic mass is 16.3. The second kappa shape index (κ2) is 13.2. The molecule has 13 aromatic rings. The highest BCUT2D eigenvalue weighted by molar-refractivity contribution is 6.29. The van der Waals surface area contributed by atoms with Crippen LogP contribution in [0.3, 0.4) is 0 Å². The third-order valence-corrected chi connectivity index (χ3v) is 12.6. The molecule has 0 N–H and O–H groups in total. The molecule has 2 aromatic heterocycles. The van der Waals surface area contributed by atoms with Gasteiger partial charge in [-0.3, -0.25) is 0 Å². The molecule has 0 atom stereocenters. The molecule has 284 valence electrons. The van der Waals surface area contributed by atoms with E-state index in [2.05, 4.69) is 199 Å². The molecular weight excluding hydrogens is 743 g/mol. The Labute approximate surface area is 350 Å². The SMILES string of the molecule is c1ccc(-c2ccc(N(c3ccc4ccccc4c3)c3ccc4c(oc5ccc6oc7ccccc7c6c54)c3-c3ccc4c5ccccc5c5ccccc5c4c3)cc2)cc1. The van der Waals surface area contributed by atoms with Crippen molar-refractivity contribution in [1.29, 1.82) is 0 Å². The molecule has 0 saturated carbocycles. The molecule has 3 heteroatoms. The van der Waals surface area contributed by atoms with Crippen molar-refractivity contribution >= 4 is 104 Å². The van der Waals surface area contributed by atoms with E-state index in [0.717, 1.165) is 72.1 Å². The minimum Gasteiger partial charge on any atom is -0.456 e. The quantitative estimate of drug-likeness (QED) is 0.163. The maximum Gasteiger partial charge on any atom is 0.145 e. The van der Waals surface area contributed by atoms with Crippen molar-refractivity contribution in [3.8, 4) is 22.3 Å². The van der Waals surface area contributed by atoms with Gasteiger partial charge in [-0.15, -0.1) is 0 Å². The van der Waals surface area contributed by atoms with Crippen LogP contribution in [0.15, 0.2) is 221 Å². The summed E-state index contributed by atoms with van der Waals surface area (Å²) in [4.78, 5) is 2.40. The van der Waals surface area contributed by atoms with Gasteiger partial charge in [-0.25, -0.2) is 0 Å². The summed E-state index contributed by atoms with van der Waals surface area (Å²) in [7, 11) is 0. The van der Waals surface area contributed by atoms with Crippen LogP contribution in [-0.2, 0) is 0 Å². The molecule has 0 unspecified atom stereocenters. The first-order valence-electron chi connectivity index (χ1n) is 20.8. The molecule has 3 nitrogen and oxygen atoms in total. The molecule has 0 bridgehead atoms. The summed E-state index contributed by atoms with van der Waals surface area (Å²) in [5.41, 5.74) is 11.0. The van der Waals surface area contributed by atoms with Crippen LogP contribution >= 0.6 is 0 Å². The zero-order valence-corrected chi connectivity index (χ0v) is 33.0. The van der Waals surface area contributed by atoms with Gasteiger partial charge in [-0.05, 0) is 120 Å². The Morgan fingerprint density at radius 2 is 0.836 bits per heavy atom. The Bertz CT molecular complexity index is 3840. The van der Waals surface area contributed by atoms with E-state index >= 15 is 0 Å². The maximum atomic E-state index is 7.18. The van der Waals surface area contributed by atoms with Crippen LogP contribution in [0.25, 0.3) is 109 Å². The van der Waals surface area contributed by atoms with E-state index in [1.807, 2.05) is 18.2 Å². The number of nitrogens with zero attached hydrogens (tertiary/aromatic N) is 1. The number of fused-ring (bicyclic) bond motifs is 14. The minimum absolute atomic E-state index is 0.828. The van der Waals surface area contributed by atoms with Crippen LogP contribution in [0.2, 0.25) is 0 Å². The molecule has 0 amide bonds. The standard InChI is InChI=1S/C58H35NO2/c1-2-12-36(13-3-1)38-22-26-41(27-23-38)59(42-28-24-37-14-4-5-15-39(37)34-42)51-31-30-49-57-54(33-32-53-56(57)48-20-10-11-21-52(48)60-53)61-58(49)55(51)40-25-29-47-45-18-7-6-16-43(45)44-17-8-9-19-46(44)50(47)35-40/h1-35H. The van der Waals surface area contributed by atoms with Crippen molar-refractivity contribution in [2.45, 2.75) is 0 Å². The fourth-order valence-electron chi connectivity index (χ4n) is 9.84. The molecule has 2 heterocycles. The number of rotatable bonds is 5. The van der Waals surface area contributed by atoms with E-state index in [1.54, 1.807) is 0 Å². The zero-order chi connectivity index (χ0) is 40.0. The second-order valence-electron chi connectivity index (χ2n) is 16.0. The third-order valence-electron chi connectivity index (χ3n) is 12.6. The van der Waals surface area contributed by atoms with Crippen LogP contribution < -0.4 is 4.90 Å². The van der Waals surface area contributed by atoms with Gasteiger partial charge in [0, 0.05) is 38.5 Å². The van der Waals surface area contributed by atoms with Gasteiger partial charge >= 0.3 is 0 Å². The van der Waals surface area contributed by atoms with Crippen molar-refractivity contribution < 1.29 is 8.83 Å². The average Bonchev–Trinajstić information content (AvgIpc) is 3.90. The normalized spacial score (nSPS) is 11.9. The Morgan fingerprint density at radius 3 is 1.59 bits per heavy atom. The third kappa shape index (κ3) is 5.17. The number of hydrogen-bond donors (Lipinski definition) is 0. The zero-order valence-electron chi connectivity index (χ0n) is 33.0. The van der Waals surface area contributed by atoms with E-state index in [9.17, 15) is 0 Å². The number of para-hydroxylation sites is 1. The van der Waals surface area contributed by atoms with E-state index < -0.39 is 0 Å². The first-order valence-corrected chi connectivity index (χ1v) is 20.8. The molecular formula is C58H35NO2. The molecule has 0 spiro atoms. The maximum absolute atomic E-state index is 7.18. The largest absolute Gasteiger partial charge is 0.456 e. The van der Waals surface area contributed by atoms with E-state index in [0.29, 0.717) is 0 Å². The monoisotopic (exact) mass is 777 g/mol. The predicted molar refractivity (Wildman–Crippen MR) is 257 cm³/mol. The van der Waals surface area contributed by atoms with Gasteiger partial charge in [0.1, 0.15) is 22.3 Å². The fourth-order valence-corrected chi connectivity index (χ4v) is 9.84. The summed E-state index contributed by atoms with van der Waals surface area (Å²) >= 11 is 0. The second-order valence-corrected chi connectivity index (χ2v) is 16.0. The first kappa shape index (κ1) is 33.8. The Kier molecular flexibility index (Phi) is 7.31. The lowest BCUT2D eigenvalue weighted by molar-refractivity contribution is 0.663. The Hall–Kier alpha value is -8.14. The van der Waals surface area contributed by atoms with Gasteiger partial charge in [0.25, 0.3) is 0 Å². The van der Waals surface area contributed by atoms with Crippen molar-refractivity contribution in [3.63, 3.8) is 0 Å². The van der Waals surface area contributed by atoms with Gasteiger partial charge < -0.3 is 13.7 Å². The Morgan fingerprint density at radius 1 is 0.295 bits per heavy atom. The molecule has 0 aliphatic rings. The van der Waals surface area contributed by atoms with Gasteiger partial charge in [-0.2, -0.15) is 0 Å². The van der Waals surface area contributed by atoms with E-state index in [-0.39, 0.29) is 0 Å². The average molecular weight is 778 g/mol. The van der Waals surface area contributed by atoms with Gasteiger partial charge in [0.05, 0.1) is 5.69 Å². The molecule has 0 aliphatic heterocycles. The van der Waals surface area contributed by atoms with Gasteiger partial charge in [0.2, 0.25) is 0 Å². The summed E-state index contributed by atoms with van der Waals surface area (Å²) in [6.07, 6.45) is 0. The highest BCUT2D eigenvalue weighted by Gasteiger charge is 2.25. The van der Waals surface area contributed by atoms with E-state index in [4.69, 9.17) is 8.83 Å². The number of furan rings is 2. The summed E-state index contributed by atoms with van der Waals surface area (Å²) in [5, 5.41) is 14.1. The van der Waals surface area contributed by atoms with Crippen molar-refractivity contribution in [2.75, 3.05) is 4.90 Å². The highest BCUT2D eigenvalue weighted by Crippen LogP contribution is 2.50. The first-order chi connectivity index (χ1) is 30.2. The lowest BCUT2D eigenvalue weighted by Gasteiger charge is -2.28. The van der Waals surface area contributed by atoms with Crippen LogP contribution in [0.1, 0.15) is 0 Å². The van der Waals surface area contributed by atoms with Crippen molar-refractivity contribution in [1.82, 2.24) is 0 Å². The number of hydrogen-bond acceptors (Lipinski definition) is 3. The molecule has 0 radical (unpaired) electrons. The summed E-state index contributed by atoms with van der Waals surface area (Å²) in [6.45, 7) is 0. The minimum atomic E-state index is 0.828. The smallest absolute Gasteiger partial charge is 0.145 e. The molecule has 11 aromatic carbocycles. The number of anilines is 3. The summed E-state index contributed by atoms with van der Waals surface area (Å²) < 4.78 is 13.6. The topological polar surface area (TPSA) is 29.5 Å². The van der Waals surface area contributed by atoms with Crippen LogP contribution in [0.4, 0.5) is 17.1 Å².